The molecule has 4 rings (SSSR count). The van der Waals surface area contributed by atoms with Gasteiger partial charge in [-0.15, -0.1) is 0 Å². The van der Waals surface area contributed by atoms with E-state index in [2.05, 4.69) is 0 Å². The van der Waals surface area contributed by atoms with Crippen LogP contribution in [0.5, 0.6) is 5.75 Å². The fourth-order valence-corrected chi connectivity index (χ4v) is 4.09. The van der Waals surface area contributed by atoms with E-state index < -0.39 is 35.6 Å². The molecule has 3 aromatic carbocycles. The second-order valence-corrected chi connectivity index (χ2v) is 7.76. The van der Waals surface area contributed by atoms with Crippen LogP contribution in [0.25, 0.3) is 0 Å². The van der Waals surface area contributed by atoms with Crippen LogP contribution in [0, 0.1) is 5.82 Å². The van der Waals surface area contributed by atoms with Crippen LogP contribution in [-0.2, 0) is 9.59 Å². The quantitative estimate of drug-likeness (QED) is 0.528. The summed E-state index contributed by atoms with van der Waals surface area (Å²) in [6.45, 7) is 1.77. The Labute approximate surface area is 191 Å². The molecule has 0 radical (unpaired) electrons. The van der Waals surface area contributed by atoms with Gasteiger partial charge in [0.2, 0.25) is 5.91 Å². The highest BCUT2D eigenvalue weighted by molar-refractivity contribution is 6.23. The number of anilines is 1. The highest BCUT2D eigenvalue weighted by atomic mass is 19.1. The Bertz CT molecular complexity index is 1180. The van der Waals surface area contributed by atoms with Crippen molar-refractivity contribution >= 4 is 23.4 Å². The minimum absolute atomic E-state index is 0.150. The zero-order chi connectivity index (χ0) is 23.5. The van der Waals surface area contributed by atoms with Gasteiger partial charge in [0.15, 0.2) is 0 Å². The smallest absolute Gasteiger partial charge is 0.258 e. The molecule has 0 aromatic heterocycles. The predicted octanol–water partition coefficient (Wildman–Crippen LogP) is 4.37. The lowest BCUT2D eigenvalue weighted by Crippen LogP contribution is -2.47. The second kappa shape index (κ2) is 9.24. The van der Waals surface area contributed by atoms with Gasteiger partial charge in [-0.05, 0) is 48.9 Å². The number of benzene rings is 3. The molecule has 7 heteroatoms. The lowest BCUT2D eigenvalue weighted by molar-refractivity contribution is -0.123. The Morgan fingerprint density at radius 2 is 1.64 bits per heavy atom. The van der Waals surface area contributed by atoms with E-state index in [1.165, 1.54) is 30.2 Å². The van der Waals surface area contributed by atoms with Crippen LogP contribution in [0.2, 0.25) is 0 Å². The third-order valence-corrected chi connectivity index (χ3v) is 5.83. The molecule has 3 aromatic rings. The topological polar surface area (TPSA) is 66.9 Å². The molecule has 1 saturated heterocycles. The van der Waals surface area contributed by atoms with Crippen LogP contribution >= 0.6 is 0 Å². The molecule has 1 fully saturated rings. The van der Waals surface area contributed by atoms with Crippen molar-refractivity contribution in [2.45, 2.75) is 25.4 Å². The maximum atomic E-state index is 14.5. The highest BCUT2D eigenvalue weighted by Gasteiger charge is 2.46. The van der Waals surface area contributed by atoms with Gasteiger partial charge in [-0.25, -0.2) is 9.29 Å². The van der Waals surface area contributed by atoms with Crippen LogP contribution in [0.1, 0.15) is 35.3 Å². The number of halogens is 1. The summed E-state index contributed by atoms with van der Waals surface area (Å²) in [5.74, 6) is -1.70. The number of carbonyl (C=O) groups excluding carboxylic acids is 3. The van der Waals surface area contributed by atoms with Crippen molar-refractivity contribution in [2.75, 3.05) is 12.0 Å². The zero-order valence-corrected chi connectivity index (χ0v) is 18.3. The molecule has 33 heavy (non-hydrogen) atoms. The molecule has 1 aliphatic rings. The molecule has 0 N–H and O–H groups in total. The Morgan fingerprint density at radius 1 is 1.00 bits per heavy atom. The van der Waals surface area contributed by atoms with Crippen molar-refractivity contribution in [1.82, 2.24) is 4.90 Å². The minimum atomic E-state index is -1.07. The van der Waals surface area contributed by atoms with E-state index >= 15 is 0 Å². The second-order valence-electron chi connectivity index (χ2n) is 7.76. The first-order chi connectivity index (χ1) is 15.9. The van der Waals surface area contributed by atoms with Gasteiger partial charge in [-0.1, -0.05) is 42.5 Å². The van der Waals surface area contributed by atoms with Gasteiger partial charge in [0.25, 0.3) is 11.8 Å². The molecular weight excluding hydrogens is 423 g/mol. The predicted molar refractivity (Wildman–Crippen MR) is 121 cm³/mol. The SMILES string of the molecule is COc1ccc(N2C(=O)CC(N(C(=O)c3ccccc3F)C(C)c3ccccc3)C2=O)cc1. The molecule has 2 unspecified atom stereocenters. The van der Waals surface area contributed by atoms with Crippen molar-refractivity contribution in [3.63, 3.8) is 0 Å². The van der Waals surface area contributed by atoms with E-state index in [0.717, 1.165) is 10.5 Å². The van der Waals surface area contributed by atoms with Crippen molar-refractivity contribution in [1.29, 1.82) is 0 Å². The molecule has 6 nitrogen and oxygen atoms in total. The third kappa shape index (κ3) is 4.22. The molecule has 168 valence electrons. The van der Waals surface area contributed by atoms with E-state index in [-0.39, 0.29) is 12.0 Å². The highest BCUT2D eigenvalue weighted by Crippen LogP contribution is 2.33. The van der Waals surface area contributed by atoms with Crippen LogP contribution in [-0.4, -0.2) is 35.8 Å². The Kier molecular flexibility index (Phi) is 6.22. The molecule has 0 bridgehead atoms. The van der Waals surface area contributed by atoms with Crippen molar-refractivity contribution in [3.05, 3.63) is 95.8 Å². The van der Waals surface area contributed by atoms with E-state index in [1.807, 2.05) is 30.3 Å². The molecule has 0 spiro atoms. The number of hydrogen-bond donors (Lipinski definition) is 0. The minimum Gasteiger partial charge on any atom is -0.497 e. The van der Waals surface area contributed by atoms with Gasteiger partial charge < -0.3 is 9.64 Å². The average Bonchev–Trinajstić information content (AvgIpc) is 3.13. The molecule has 0 aliphatic carbocycles. The van der Waals surface area contributed by atoms with Crippen LogP contribution in [0.3, 0.4) is 0 Å². The van der Waals surface area contributed by atoms with Crippen LogP contribution < -0.4 is 9.64 Å². The summed E-state index contributed by atoms with van der Waals surface area (Å²) in [6, 6.07) is 19.7. The molecular formula is C26H23FN2O4. The van der Waals surface area contributed by atoms with E-state index in [9.17, 15) is 18.8 Å². The molecule has 2 atom stereocenters. The van der Waals surface area contributed by atoms with Gasteiger partial charge in [-0.3, -0.25) is 14.4 Å². The number of amides is 3. The van der Waals surface area contributed by atoms with Gasteiger partial charge in [0.1, 0.15) is 17.6 Å². The van der Waals surface area contributed by atoms with Crippen LogP contribution in [0.4, 0.5) is 10.1 Å². The Hall–Kier alpha value is -4.00. The summed E-state index contributed by atoms with van der Waals surface area (Å²) < 4.78 is 19.7. The number of ether oxygens (including phenoxy) is 1. The first kappa shape index (κ1) is 22.2. The first-order valence-electron chi connectivity index (χ1n) is 10.6. The summed E-state index contributed by atoms with van der Waals surface area (Å²) in [6.07, 6.45) is -0.192. The number of carbonyl (C=O) groups is 3. The maximum Gasteiger partial charge on any atom is 0.258 e. The fourth-order valence-electron chi connectivity index (χ4n) is 4.09. The first-order valence-corrected chi connectivity index (χ1v) is 10.6. The van der Waals surface area contributed by atoms with Crippen molar-refractivity contribution in [2.24, 2.45) is 0 Å². The largest absolute Gasteiger partial charge is 0.497 e. The summed E-state index contributed by atoms with van der Waals surface area (Å²) in [7, 11) is 1.52. The standard InChI is InChI=1S/C26H23FN2O4/c1-17(18-8-4-3-5-9-18)28(25(31)21-10-6-7-11-22(21)27)23-16-24(30)29(26(23)32)19-12-14-20(33-2)15-13-19/h3-15,17,23H,16H2,1-2H3. The van der Waals surface area contributed by atoms with Gasteiger partial charge in [0, 0.05) is 0 Å². The lowest BCUT2D eigenvalue weighted by Gasteiger charge is -2.33. The fraction of sp³-hybridized carbons (Fsp3) is 0.192. The van der Waals surface area contributed by atoms with Crippen molar-refractivity contribution in [3.8, 4) is 5.75 Å². The number of nitrogens with zero attached hydrogens (tertiary/aromatic N) is 2. The van der Waals surface area contributed by atoms with Gasteiger partial charge in [0.05, 0.1) is 30.8 Å². The lowest BCUT2D eigenvalue weighted by atomic mass is 10.0. The molecule has 1 heterocycles. The molecule has 3 amide bonds. The number of rotatable bonds is 6. The summed E-state index contributed by atoms with van der Waals surface area (Å²) in [5, 5.41) is 0. The summed E-state index contributed by atoms with van der Waals surface area (Å²) in [5.41, 5.74) is 1.01. The Morgan fingerprint density at radius 3 is 2.27 bits per heavy atom. The van der Waals surface area contributed by atoms with E-state index in [0.29, 0.717) is 11.4 Å². The summed E-state index contributed by atoms with van der Waals surface area (Å²) in [4.78, 5) is 42.3. The van der Waals surface area contributed by atoms with Crippen molar-refractivity contribution < 1.29 is 23.5 Å². The monoisotopic (exact) mass is 446 g/mol. The van der Waals surface area contributed by atoms with Gasteiger partial charge in [-0.2, -0.15) is 0 Å². The molecule has 0 saturated carbocycles. The number of imide groups is 1. The average molecular weight is 446 g/mol. The third-order valence-electron chi connectivity index (χ3n) is 5.83. The number of methoxy groups -OCH3 is 1. The normalized spacial score (nSPS) is 16.6. The van der Waals surface area contributed by atoms with E-state index in [4.69, 9.17) is 4.74 Å². The van der Waals surface area contributed by atoms with Crippen LogP contribution in [0.15, 0.2) is 78.9 Å². The maximum absolute atomic E-state index is 14.5. The number of hydrogen-bond acceptors (Lipinski definition) is 4. The summed E-state index contributed by atoms with van der Waals surface area (Å²) >= 11 is 0. The van der Waals surface area contributed by atoms with E-state index in [1.54, 1.807) is 37.3 Å². The Balaban J connectivity index is 1.73. The van der Waals surface area contributed by atoms with Gasteiger partial charge >= 0.3 is 0 Å². The zero-order valence-electron chi connectivity index (χ0n) is 18.3. The molecule has 1 aliphatic heterocycles.